The zero-order valence-corrected chi connectivity index (χ0v) is 28.8. The van der Waals surface area contributed by atoms with E-state index in [0.29, 0.717) is 29.2 Å². The van der Waals surface area contributed by atoms with Gasteiger partial charge in [-0.25, -0.2) is 23.4 Å². The number of piperidine rings is 1. The molecule has 2 aromatic rings. The van der Waals surface area contributed by atoms with E-state index in [1.165, 1.54) is 60.4 Å². The highest BCUT2D eigenvalue weighted by atomic mass is 35.5. The lowest BCUT2D eigenvalue weighted by molar-refractivity contribution is -0.138. The number of carbonyl (C=O) groups excluding carboxylic acids is 2. The van der Waals surface area contributed by atoms with Crippen LogP contribution >= 0.6 is 22.9 Å². The molecule has 1 aliphatic rings. The van der Waals surface area contributed by atoms with Gasteiger partial charge < -0.3 is 20.5 Å². The molecule has 3 atom stereocenters. The number of nitrogens with two attached hydrogens (primary N) is 1. The lowest BCUT2D eigenvalue weighted by Crippen LogP contribution is -2.52. The van der Waals surface area contributed by atoms with Crippen molar-refractivity contribution in [3.05, 3.63) is 92.7 Å². The van der Waals surface area contributed by atoms with Gasteiger partial charge in [0.1, 0.15) is 11.7 Å². The van der Waals surface area contributed by atoms with Gasteiger partial charge in [-0.2, -0.15) is 0 Å². The van der Waals surface area contributed by atoms with E-state index in [1.54, 1.807) is 43.7 Å². The van der Waals surface area contributed by atoms with E-state index in [2.05, 4.69) is 9.98 Å². The Kier molecular flexibility index (Phi) is 14.2. The fourth-order valence-electron chi connectivity index (χ4n) is 5.14. The second kappa shape index (κ2) is 17.8. The number of nitrogens with zero attached hydrogens (tertiary/aromatic N) is 4. The minimum Gasteiger partial charge on any atom is -0.478 e. The van der Waals surface area contributed by atoms with Gasteiger partial charge in [0, 0.05) is 49.4 Å². The fourth-order valence-corrected chi connectivity index (χ4v) is 5.95. The first-order valence-electron chi connectivity index (χ1n) is 15.2. The molecule has 2 unspecified atom stereocenters. The Bertz CT molecular complexity index is 1600. The smallest absolute Gasteiger partial charge is 0.337 e. The third kappa shape index (κ3) is 10.4. The molecule has 1 saturated heterocycles. The van der Waals surface area contributed by atoms with Gasteiger partial charge in [-0.3, -0.25) is 14.7 Å². The summed E-state index contributed by atoms with van der Waals surface area (Å²) in [5.74, 6) is -2.78. The standard InChI is InChI=1S/C34H40ClF2N5O5S/c1-5-23(9-7-8-22(3)36)29(40-30(38)31-39-14-17-48-31)27(33(46)47-6-2)12-15-41-16-13-34(4,37)24(19-41)20-42(21-43)25-10-11-26(32(44)45)28(35)18-25/h5,7-12,14,17-18,21,24,29H,6,13,15-16,19-20H2,1-4H3,(H2,38,40)(H,44,45)/b9-7-,22-8+,23-5-,27-12-/t24?,29-,34?/m0/s1. The number of carboxylic acids is 1. The Morgan fingerprint density at radius 3 is 2.73 bits per heavy atom. The molecule has 1 aromatic heterocycles. The Hall–Kier alpha value is -4.20. The topological polar surface area (TPSA) is 138 Å². The second-order valence-electron chi connectivity index (χ2n) is 11.2. The van der Waals surface area contributed by atoms with Crippen molar-refractivity contribution in [2.45, 2.75) is 45.8 Å². The summed E-state index contributed by atoms with van der Waals surface area (Å²) in [6, 6.07) is 3.17. The van der Waals surface area contributed by atoms with Crippen LogP contribution in [0.5, 0.6) is 0 Å². The largest absolute Gasteiger partial charge is 0.478 e. The molecule has 2 heterocycles. The van der Waals surface area contributed by atoms with E-state index in [0.717, 1.165) is 0 Å². The summed E-state index contributed by atoms with van der Waals surface area (Å²) in [5.41, 5.74) is 5.64. The molecular formula is C34H40ClF2N5O5S. The first-order valence-corrected chi connectivity index (χ1v) is 16.5. The summed E-state index contributed by atoms with van der Waals surface area (Å²) in [6.45, 7) is 7.15. The Morgan fingerprint density at radius 1 is 1.40 bits per heavy atom. The van der Waals surface area contributed by atoms with Crippen molar-refractivity contribution in [1.82, 2.24) is 9.88 Å². The van der Waals surface area contributed by atoms with Crippen LogP contribution in [0.3, 0.4) is 0 Å². The van der Waals surface area contributed by atoms with Crippen LogP contribution in [0.15, 0.2) is 82.1 Å². The van der Waals surface area contributed by atoms with Gasteiger partial charge in [0.2, 0.25) is 6.41 Å². The highest BCUT2D eigenvalue weighted by Gasteiger charge is 2.40. The number of amidine groups is 1. The van der Waals surface area contributed by atoms with Crippen LogP contribution in [-0.4, -0.2) is 83.7 Å². The first-order chi connectivity index (χ1) is 22.8. The molecule has 14 heteroatoms. The minimum absolute atomic E-state index is 0.00349. The van der Waals surface area contributed by atoms with Crippen LogP contribution < -0.4 is 10.6 Å². The maximum Gasteiger partial charge on any atom is 0.337 e. The molecule has 1 amide bonds. The SMILES string of the molecule is C/C=C(/C=C\C=C(/C)F)[C@H](N=C(N)c1nccs1)/C(=C/CN1CCC(C)(F)C(CN(C=O)c2ccc(C(=O)O)c(Cl)c2)C1)C(=O)OCC. The average Bonchev–Trinajstić information content (AvgIpc) is 3.58. The maximum atomic E-state index is 15.9. The van der Waals surface area contributed by atoms with Gasteiger partial charge in [0.25, 0.3) is 0 Å². The number of aromatic carboxylic acids is 1. The van der Waals surface area contributed by atoms with E-state index in [4.69, 9.17) is 22.1 Å². The molecule has 0 saturated carbocycles. The summed E-state index contributed by atoms with van der Waals surface area (Å²) >= 11 is 7.41. The molecule has 3 N–H and O–H groups in total. The third-order valence-corrected chi connectivity index (χ3v) is 8.97. The summed E-state index contributed by atoms with van der Waals surface area (Å²) in [5, 5.41) is 11.5. The number of halogens is 3. The predicted octanol–water partition coefficient (Wildman–Crippen LogP) is 6.15. The molecular weight excluding hydrogens is 664 g/mol. The first kappa shape index (κ1) is 38.2. The number of aliphatic imine (C=N–C) groups is 1. The maximum absolute atomic E-state index is 15.9. The van der Waals surface area contributed by atoms with Gasteiger partial charge in [-0.15, -0.1) is 11.3 Å². The lowest BCUT2D eigenvalue weighted by atomic mass is 9.83. The molecule has 0 aliphatic carbocycles. The number of aromatic nitrogens is 1. The molecule has 258 valence electrons. The normalized spacial score (nSPS) is 20.5. The number of thiazole rings is 1. The number of likely N-dealkylation sites (tertiary alicyclic amines) is 1. The Labute approximate surface area is 287 Å². The summed E-state index contributed by atoms with van der Waals surface area (Å²) in [4.78, 5) is 49.1. The number of amides is 1. The van der Waals surface area contributed by atoms with Crippen LogP contribution in [0.4, 0.5) is 14.5 Å². The molecule has 3 rings (SSSR count). The third-order valence-electron chi connectivity index (χ3n) is 7.86. The fraction of sp³-hybridized carbons (Fsp3) is 0.382. The Morgan fingerprint density at radius 2 is 2.15 bits per heavy atom. The lowest BCUT2D eigenvalue weighted by Gasteiger charge is -2.42. The van der Waals surface area contributed by atoms with Crippen LogP contribution in [0.2, 0.25) is 5.02 Å². The van der Waals surface area contributed by atoms with E-state index < -0.39 is 35.4 Å². The number of carboxylic acid groups (broad SMARTS) is 1. The number of benzene rings is 1. The zero-order chi connectivity index (χ0) is 35.4. The molecule has 1 aromatic carbocycles. The van der Waals surface area contributed by atoms with Gasteiger partial charge in [-0.05, 0) is 64.0 Å². The monoisotopic (exact) mass is 703 g/mol. The van der Waals surface area contributed by atoms with E-state index in [-0.39, 0.29) is 54.7 Å². The molecule has 10 nitrogen and oxygen atoms in total. The highest BCUT2D eigenvalue weighted by Crippen LogP contribution is 2.34. The minimum atomic E-state index is -1.63. The summed E-state index contributed by atoms with van der Waals surface area (Å²) < 4.78 is 34.8. The van der Waals surface area contributed by atoms with Crippen molar-refractivity contribution in [3.63, 3.8) is 0 Å². The van der Waals surface area contributed by atoms with Crippen LogP contribution in [-0.2, 0) is 14.3 Å². The van der Waals surface area contributed by atoms with E-state index in [9.17, 15) is 23.9 Å². The quantitative estimate of drug-likeness (QED) is 0.0563. The number of anilines is 1. The van der Waals surface area contributed by atoms with Crippen molar-refractivity contribution in [2.75, 3.05) is 37.7 Å². The van der Waals surface area contributed by atoms with Gasteiger partial charge in [-0.1, -0.05) is 35.9 Å². The summed E-state index contributed by atoms with van der Waals surface area (Å²) in [6.07, 6.45) is 10.1. The molecule has 1 aliphatic heterocycles. The van der Waals surface area contributed by atoms with Crippen molar-refractivity contribution in [1.29, 1.82) is 0 Å². The van der Waals surface area contributed by atoms with Crippen molar-refractivity contribution < 1.29 is 33.0 Å². The second-order valence-corrected chi connectivity index (χ2v) is 12.5. The molecule has 1 fully saturated rings. The number of ether oxygens (including phenoxy) is 1. The zero-order valence-electron chi connectivity index (χ0n) is 27.2. The van der Waals surface area contributed by atoms with Crippen LogP contribution in [0.1, 0.15) is 49.5 Å². The number of hydrogen-bond acceptors (Lipinski definition) is 8. The van der Waals surface area contributed by atoms with Crippen LogP contribution in [0.25, 0.3) is 0 Å². The van der Waals surface area contributed by atoms with Crippen LogP contribution in [0, 0.1) is 5.92 Å². The number of carbonyl (C=O) groups is 3. The molecule has 0 radical (unpaired) electrons. The van der Waals surface area contributed by atoms with Crippen molar-refractivity contribution >= 4 is 52.8 Å². The van der Waals surface area contributed by atoms with Gasteiger partial charge in [0.05, 0.1) is 28.6 Å². The molecule has 0 bridgehead atoms. The molecule has 0 spiro atoms. The van der Waals surface area contributed by atoms with Gasteiger partial charge >= 0.3 is 11.9 Å². The average molecular weight is 704 g/mol. The van der Waals surface area contributed by atoms with Crippen molar-refractivity contribution in [3.8, 4) is 0 Å². The number of esters is 1. The van der Waals surface area contributed by atoms with E-state index in [1.807, 2.05) is 4.90 Å². The number of alkyl halides is 1. The number of allylic oxidation sites excluding steroid dienone is 4. The predicted molar refractivity (Wildman–Crippen MR) is 185 cm³/mol. The van der Waals surface area contributed by atoms with Gasteiger partial charge in [0.15, 0.2) is 10.8 Å². The Balaban J connectivity index is 1.96. The highest BCUT2D eigenvalue weighted by molar-refractivity contribution is 7.11. The summed E-state index contributed by atoms with van der Waals surface area (Å²) in [7, 11) is 0. The van der Waals surface area contributed by atoms with Crippen molar-refractivity contribution in [2.24, 2.45) is 16.6 Å². The molecule has 48 heavy (non-hydrogen) atoms. The number of hydrogen-bond donors (Lipinski definition) is 2. The van der Waals surface area contributed by atoms with E-state index >= 15 is 4.39 Å². The number of rotatable bonds is 15.